The van der Waals surface area contributed by atoms with Crippen LogP contribution in [0.4, 0.5) is 0 Å². The van der Waals surface area contributed by atoms with E-state index in [2.05, 4.69) is 26.2 Å². The van der Waals surface area contributed by atoms with Crippen LogP contribution in [-0.2, 0) is 4.43 Å². The standard InChI is InChI=1S/C6H14ClOSi2/c1-5-9(7)6-8-10(2,3)4/h5H,1,6H2,2-4H3. The second-order valence-electron chi connectivity index (χ2n) is 3.05. The van der Waals surface area contributed by atoms with Crippen molar-refractivity contribution < 1.29 is 4.43 Å². The summed E-state index contributed by atoms with van der Waals surface area (Å²) >= 11 is 5.85. The largest absolute Gasteiger partial charge is 0.419 e. The molecule has 1 radical (unpaired) electrons. The van der Waals surface area contributed by atoms with Crippen LogP contribution in [0.5, 0.6) is 0 Å². The molecule has 1 nitrogen and oxygen atoms in total. The quantitative estimate of drug-likeness (QED) is 0.492. The van der Waals surface area contributed by atoms with Crippen LogP contribution in [-0.4, -0.2) is 22.7 Å². The zero-order valence-corrected chi connectivity index (χ0v) is 9.53. The minimum absolute atomic E-state index is 0.700. The predicted molar refractivity (Wildman–Crippen MR) is 51.1 cm³/mol. The van der Waals surface area contributed by atoms with Gasteiger partial charge in [0.1, 0.15) is 0 Å². The van der Waals surface area contributed by atoms with Gasteiger partial charge in [0.25, 0.3) is 0 Å². The van der Waals surface area contributed by atoms with Crippen LogP contribution in [0.25, 0.3) is 0 Å². The molecule has 59 valence electrons. The van der Waals surface area contributed by atoms with Gasteiger partial charge < -0.3 is 4.43 Å². The molecule has 0 rings (SSSR count). The van der Waals surface area contributed by atoms with Crippen LogP contribution >= 0.6 is 11.1 Å². The summed E-state index contributed by atoms with van der Waals surface area (Å²) in [6.45, 7) is 10.1. The van der Waals surface area contributed by atoms with Crippen LogP contribution in [0.15, 0.2) is 12.3 Å². The third-order valence-corrected chi connectivity index (χ3v) is 3.82. The smallest absolute Gasteiger partial charge is 0.217 e. The Morgan fingerprint density at radius 1 is 1.60 bits per heavy atom. The summed E-state index contributed by atoms with van der Waals surface area (Å²) in [7, 11) is -2.26. The summed E-state index contributed by atoms with van der Waals surface area (Å²) in [4.78, 5) is 0. The van der Waals surface area contributed by atoms with E-state index in [1.807, 2.05) is 0 Å². The van der Waals surface area contributed by atoms with Crippen LogP contribution in [0.3, 0.4) is 0 Å². The topological polar surface area (TPSA) is 9.23 Å². The van der Waals surface area contributed by atoms with Gasteiger partial charge in [0, 0.05) is 6.23 Å². The molecule has 0 atom stereocenters. The van der Waals surface area contributed by atoms with Crippen molar-refractivity contribution in [1.29, 1.82) is 0 Å². The number of rotatable bonds is 4. The Labute approximate surface area is 70.5 Å². The Balaban J connectivity index is 3.45. The molecule has 4 heteroatoms. The van der Waals surface area contributed by atoms with Crippen LogP contribution in [0, 0.1) is 0 Å². The van der Waals surface area contributed by atoms with E-state index >= 15 is 0 Å². The van der Waals surface area contributed by atoms with Crippen molar-refractivity contribution in [1.82, 2.24) is 0 Å². The molecule has 0 bridgehead atoms. The van der Waals surface area contributed by atoms with Gasteiger partial charge in [0.2, 0.25) is 8.11 Å². The Hall–Kier alpha value is 0.424. The van der Waals surface area contributed by atoms with Crippen molar-refractivity contribution in [2.24, 2.45) is 0 Å². The Morgan fingerprint density at radius 2 is 2.10 bits per heavy atom. The van der Waals surface area contributed by atoms with Gasteiger partial charge in [-0.15, -0.1) is 6.58 Å². The summed E-state index contributed by atoms with van der Waals surface area (Å²) in [6.07, 6.45) is 0.700. The predicted octanol–water partition coefficient (Wildman–Crippen LogP) is 2.33. The first kappa shape index (κ1) is 10.4. The second kappa shape index (κ2) is 4.33. The highest BCUT2D eigenvalue weighted by atomic mass is 35.6. The minimum atomic E-state index is -1.34. The average Bonchev–Trinajstić information content (AvgIpc) is 1.81. The maximum atomic E-state index is 5.85. The number of hydrogen-bond donors (Lipinski definition) is 0. The van der Waals surface area contributed by atoms with Crippen LogP contribution < -0.4 is 0 Å². The van der Waals surface area contributed by atoms with Crippen LogP contribution in [0.1, 0.15) is 0 Å². The van der Waals surface area contributed by atoms with Gasteiger partial charge in [-0.3, -0.25) is 0 Å². The zero-order chi connectivity index (χ0) is 8.20. The molecular weight excluding hydrogens is 180 g/mol. The second-order valence-corrected chi connectivity index (χ2v) is 10.6. The molecule has 0 saturated carbocycles. The van der Waals surface area contributed by atoms with E-state index in [0.29, 0.717) is 6.23 Å². The molecule has 0 aromatic heterocycles. The minimum Gasteiger partial charge on any atom is -0.419 e. The van der Waals surface area contributed by atoms with Gasteiger partial charge in [0.05, 0.1) is 0 Å². The normalized spacial score (nSPS) is 12.1. The van der Waals surface area contributed by atoms with Crippen molar-refractivity contribution in [2.45, 2.75) is 19.6 Å². The van der Waals surface area contributed by atoms with E-state index in [0.717, 1.165) is 0 Å². The first-order valence-electron chi connectivity index (χ1n) is 3.23. The third-order valence-electron chi connectivity index (χ3n) is 0.865. The van der Waals surface area contributed by atoms with Gasteiger partial charge in [-0.2, -0.15) is 11.1 Å². The van der Waals surface area contributed by atoms with E-state index in [1.165, 1.54) is 0 Å². The molecular formula is C6H14ClOSi2. The maximum absolute atomic E-state index is 5.85. The lowest BCUT2D eigenvalue weighted by molar-refractivity contribution is 0.379. The first-order chi connectivity index (χ1) is 4.45. The number of hydrogen-bond acceptors (Lipinski definition) is 1. The van der Waals surface area contributed by atoms with Gasteiger partial charge >= 0.3 is 0 Å². The van der Waals surface area contributed by atoms with Gasteiger partial charge in [0.15, 0.2) is 8.32 Å². The van der Waals surface area contributed by atoms with Crippen molar-refractivity contribution in [3.05, 3.63) is 12.3 Å². The molecule has 0 unspecified atom stereocenters. The van der Waals surface area contributed by atoms with E-state index in [4.69, 9.17) is 15.5 Å². The van der Waals surface area contributed by atoms with Gasteiger partial charge in [-0.05, 0) is 19.6 Å². The summed E-state index contributed by atoms with van der Waals surface area (Å²) in [5, 5.41) is 0. The lowest BCUT2D eigenvalue weighted by atomic mass is 11.3. The highest BCUT2D eigenvalue weighted by Gasteiger charge is 2.15. The molecule has 10 heavy (non-hydrogen) atoms. The fraction of sp³-hybridized carbons (Fsp3) is 0.667. The van der Waals surface area contributed by atoms with E-state index in [1.54, 1.807) is 5.70 Å². The Kier molecular flexibility index (Phi) is 4.52. The maximum Gasteiger partial charge on any atom is 0.217 e. The summed E-state index contributed by atoms with van der Waals surface area (Å²) in [5.74, 6) is 0. The summed E-state index contributed by atoms with van der Waals surface area (Å²) in [6, 6.07) is 0. The first-order valence-corrected chi connectivity index (χ1v) is 9.44. The van der Waals surface area contributed by atoms with Crippen molar-refractivity contribution in [2.75, 3.05) is 6.23 Å². The van der Waals surface area contributed by atoms with Crippen LogP contribution in [0.2, 0.25) is 19.6 Å². The Bertz CT molecular complexity index is 111. The fourth-order valence-electron chi connectivity index (χ4n) is 0.344. The highest BCUT2D eigenvalue weighted by Crippen LogP contribution is 2.04. The fourth-order valence-corrected chi connectivity index (χ4v) is 3.24. The monoisotopic (exact) mass is 193 g/mol. The molecule has 0 aromatic rings. The van der Waals surface area contributed by atoms with Gasteiger partial charge in [-0.1, -0.05) is 5.70 Å². The van der Waals surface area contributed by atoms with Crippen molar-refractivity contribution in [3.63, 3.8) is 0 Å². The molecule has 0 amide bonds. The molecule has 0 N–H and O–H groups in total. The summed E-state index contributed by atoms with van der Waals surface area (Å²) < 4.78 is 5.56. The lowest BCUT2D eigenvalue weighted by Crippen LogP contribution is -2.29. The molecule has 0 aliphatic carbocycles. The number of halogens is 1. The van der Waals surface area contributed by atoms with E-state index < -0.39 is 16.4 Å². The molecule has 0 saturated heterocycles. The molecule has 0 spiro atoms. The molecule has 0 aliphatic heterocycles. The molecule has 0 fully saturated rings. The van der Waals surface area contributed by atoms with Crippen molar-refractivity contribution in [3.8, 4) is 0 Å². The third kappa shape index (κ3) is 6.54. The average molecular weight is 194 g/mol. The molecule has 0 aliphatic rings. The van der Waals surface area contributed by atoms with E-state index in [9.17, 15) is 0 Å². The van der Waals surface area contributed by atoms with Gasteiger partial charge in [-0.25, -0.2) is 0 Å². The molecule has 0 heterocycles. The highest BCUT2D eigenvalue weighted by molar-refractivity contribution is 7.09. The molecule has 0 aromatic carbocycles. The summed E-state index contributed by atoms with van der Waals surface area (Å²) in [5.41, 5.74) is 1.80. The Morgan fingerprint density at radius 3 is 2.40 bits per heavy atom. The van der Waals surface area contributed by atoms with Crippen molar-refractivity contribution >= 4 is 27.5 Å². The van der Waals surface area contributed by atoms with E-state index in [-0.39, 0.29) is 0 Å². The SMILES string of the molecule is C=C[Si](Cl)CO[Si](C)(C)C. The zero-order valence-electron chi connectivity index (χ0n) is 6.78. The lowest BCUT2D eigenvalue weighted by Gasteiger charge is -2.17.